The molecule has 0 aromatic heterocycles. The van der Waals surface area contributed by atoms with Crippen LogP contribution in [0.3, 0.4) is 0 Å². The second kappa shape index (κ2) is 4.99. The fourth-order valence-corrected chi connectivity index (χ4v) is 1.62. The molecule has 0 saturated carbocycles. The van der Waals surface area contributed by atoms with Gasteiger partial charge < -0.3 is 4.74 Å². The van der Waals surface area contributed by atoms with Crippen molar-refractivity contribution >= 4 is 17.6 Å². The Bertz CT molecular complexity index is 462. The van der Waals surface area contributed by atoms with Crippen molar-refractivity contribution in [2.75, 3.05) is 11.4 Å². The van der Waals surface area contributed by atoms with E-state index in [2.05, 4.69) is 10.1 Å². The quantitative estimate of drug-likeness (QED) is 0.896. The van der Waals surface area contributed by atoms with E-state index in [0.717, 1.165) is 0 Å². The number of nitrogens with zero attached hydrogens (tertiary/aromatic N) is 1. The Morgan fingerprint density at radius 2 is 1.89 bits per heavy atom. The zero-order valence-corrected chi connectivity index (χ0v) is 9.23. The largest absolute Gasteiger partial charge is 0.435 e. The number of imide groups is 1. The topological polar surface area (TPSA) is 58.6 Å². The van der Waals surface area contributed by atoms with Gasteiger partial charge in [0, 0.05) is 18.7 Å². The molecule has 0 unspecified atom stereocenters. The van der Waals surface area contributed by atoms with Gasteiger partial charge in [0.05, 0.1) is 0 Å². The van der Waals surface area contributed by atoms with Gasteiger partial charge in [-0.2, -0.15) is 8.78 Å². The number of halogens is 2. The van der Waals surface area contributed by atoms with Crippen LogP contribution < -0.4 is 15.0 Å². The number of rotatable bonds is 3. The van der Waals surface area contributed by atoms with E-state index in [1.54, 1.807) is 0 Å². The number of ether oxygens (including phenoxy) is 1. The van der Waals surface area contributed by atoms with Gasteiger partial charge in [0.1, 0.15) is 5.75 Å². The monoisotopic (exact) mass is 256 g/mol. The fourth-order valence-electron chi connectivity index (χ4n) is 1.62. The minimum absolute atomic E-state index is 0.0160. The smallest absolute Gasteiger partial charge is 0.387 e. The summed E-state index contributed by atoms with van der Waals surface area (Å²) in [5, 5.41) is 2.17. The number of hydrogen-bond donors (Lipinski definition) is 1. The van der Waals surface area contributed by atoms with Gasteiger partial charge in [-0.15, -0.1) is 0 Å². The number of alkyl halides is 2. The molecule has 0 radical (unpaired) electrons. The van der Waals surface area contributed by atoms with E-state index in [4.69, 9.17) is 0 Å². The van der Waals surface area contributed by atoms with Gasteiger partial charge in [0.15, 0.2) is 0 Å². The van der Waals surface area contributed by atoms with Crippen molar-refractivity contribution in [3.63, 3.8) is 0 Å². The van der Waals surface area contributed by atoms with Crippen LogP contribution in [-0.4, -0.2) is 25.1 Å². The maximum atomic E-state index is 11.9. The highest BCUT2D eigenvalue weighted by atomic mass is 19.3. The van der Waals surface area contributed by atoms with Crippen LogP contribution in [0, 0.1) is 0 Å². The van der Waals surface area contributed by atoms with Gasteiger partial charge >= 0.3 is 12.6 Å². The summed E-state index contributed by atoms with van der Waals surface area (Å²) < 4.78 is 28.1. The maximum Gasteiger partial charge on any atom is 0.387 e. The Morgan fingerprint density at radius 3 is 2.44 bits per heavy atom. The number of anilines is 1. The van der Waals surface area contributed by atoms with Crippen molar-refractivity contribution < 1.29 is 23.1 Å². The number of carbonyl (C=O) groups is 2. The lowest BCUT2D eigenvalue weighted by atomic mass is 10.2. The van der Waals surface area contributed by atoms with Gasteiger partial charge in [-0.1, -0.05) is 0 Å². The summed E-state index contributed by atoms with van der Waals surface area (Å²) in [5.41, 5.74) is 0.515. The van der Waals surface area contributed by atoms with Crippen molar-refractivity contribution in [2.45, 2.75) is 13.0 Å². The summed E-state index contributed by atoms with van der Waals surface area (Å²) in [6.07, 6.45) is 0.209. The average Bonchev–Trinajstić information content (AvgIpc) is 2.30. The molecule has 1 fully saturated rings. The van der Waals surface area contributed by atoms with Gasteiger partial charge in [-0.25, -0.2) is 4.79 Å². The Kier molecular flexibility index (Phi) is 3.40. The van der Waals surface area contributed by atoms with Crippen LogP contribution >= 0.6 is 0 Å². The molecule has 0 spiro atoms. The molecule has 1 aromatic rings. The van der Waals surface area contributed by atoms with Gasteiger partial charge in [0.25, 0.3) is 0 Å². The van der Waals surface area contributed by atoms with E-state index < -0.39 is 12.6 Å². The molecule has 0 bridgehead atoms. The lowest BCUT2D eigenvalue weighted by Crippen LogP contribution is -2.49. The van der Waals surface area contributed by atoms with Crippen LogP contribution in [0.15, 0.2) is 24.3 Å². The molecular weight excluding hydrogens is 246 g/mol. The summed E-state index contributed by atoms with van der Waals surface area (Å²) in [5.74, 6) is -0.309. The van der Waals surface area contributed by atoms with Crippen molar-refractivity contribution in [2.24, 2.45) is 0 Å². The molecule has 18 heavy (non-hydrogen) atoms. The van der Waals surface area contributed by atoms with E-state index in [-0.39, 0.29) is 24.6 Å². The molecule has 1 heterocycles. The summed E-state index contributed by atoms with van der Waals surface area (Å²) in [6.45, 7) is -2.62. The number of hydrogen-bond acceptors (Lipinski definition) is 3. The third kappa shape index (κ3) is 2.73. The van der Waals surface area contributed by atoms with Crippen LogP contribution in [-0.2, 0) is 4.79 Å². The number of amides is 3. The first kappa shape index (κ1) is 12.3. The maximum absolute atomic E-state index is 11.9. The minimum Gasteiger partial charge on any atom is -0.435 e. The highest BCUT2D eigenvalue weighted by Crippen LogP contribution is 2.22. The SMILES string of the molecule is O=C1CCN(c2ccc(OC(F)F)cc2)C(=O)N1. The standard InChI is InChI=1S/C11H10F2N2O3/c12-10(13)18-8-3-1-7(2-4-8)15-6-5-9(16)14-11(15)17/h1-4,10H,5-6H2,(H,14,16,17). The number of carbonyl (C=O) groups excluding carboxylic acids is 2. The molecule has 3 amide bonds. The van der Waals surface area contributed by atoms with Crippen LogP contribution in [0.5, 0.6) is 5.75 Å². The Hall–Kier alpha value is -2.18. The summed E-state index contributed by atoms with van der Waals surface area (Å²) in [4.78, 5) is 23.8. The highest BCUT2D eigenvalue weighted by Gasteiger charge is 2.24. The summed E-state index contributed by atoms with van der Waals surface area (Å²) in [6, 6.07) is 5.12. The minimum atomic E-state index is -2.88. The molecule has 1 N–H and O–H groups in total. The first-order valence-corrected chi connectivity index (χ1v) is 5.22. The van der Waals surface area contributed by atoms with E-state index in [1.165, 1.54) is 29.2 Å². The highest BCUT2D eigenvalue weighted by molar-refractivity contribution is 6.05. The van der Waals surface area contributed by atoms with E-state index in [1.807, 2.05) is 0 Å². The van der Waals surface area contributed by atoms with Gasteiger partial charge in [0.2, 0.25) is 5.91 Å². The van der Waals surface area contributed by atoms with Crippen molar-refractivity contribution in [1.29, 1.82) is 0 Å². The molecule has 0 aliphatic carbocycles. The predicted octanol–water partition coefficient (Wildman–Crippen LogP) is 1.73. The lowest BCUT2D eigenvalue weighted by molar-refractivity contribution is -0.120. The lowest BCUT2D eigenvalue weighted by Gasteiger charge is -2.26. The van der Waals surface area contributed by atoms with Crippen LogP contribution in [0.1, 0.15) is 6.42 Å². The molecule has 1 aliphatic rings. The predicted molar refractivity (Wildman–Crippen MR) is 58.6 cm³/mol. The molecule has 2 rings (SSSR count). The number of urea groups is 1. The Morgan fingerprint density at radius 1 is 1.22 bits per heavy atom. The zero-order valence-electron chi connectivity index (χ0n) is 9.23. The van der Waals surface area contributed by atoms with Crippen LogP contribution in [0.25, 0.3) is 0 Å². The van der Waals surface area contributed by atoms with E-state index in [0.29, 0.717) is 5.69 Å². The fraction of sp³-hybridized carbons (Fsp3) is 0.273. The molecule has 0 atom stereocenters. The molecule has 5 nitrogen and oxygen atoms in total. The molecule has 96 valence electrons. The summed E-state index contributed by atoms with van der Waals surface area (Å²) in [7, 11) is 0. The van der Waals surface area contributed by atoms with Gasteiger partial charge in [-0.3, -0.25) is 15.0 Å². The molecule has 7 heteroatoms. The second-order valence-corrected chi connectivity index (χ2v) is 3.63. The zero-order chi connectivity index (χ0) is 13.1. The molecule has 1 saturated heterocycles. The third-order valence-corrected chi connectivity index (χ3v) is 2.43. The molecule has 1 aromatic carbocycles. The number of benzene rings is 1. The molecule has 1 aliphatic heterocycles. The molecular formula is C11H10F2N2O3. The Balaban J connectivity index is 2.09. The van der Waals surface area contributed by atoms with Crippen molar-refractivity contribution in [3.8, 4) is 5.75 Å². The number of nitrogens with one attached hydrogen (secondary N) is 1. The van der Waals surface area contributed by atoms with Gasteiger partial charge in [-0.05, 0) is 24.3 Å². The van der Waals surface area contributed by atoms with Crippen molar-refractivity contribution in [1.82, 2.24) is 5.32 Å². The van der Waals surface area contributed by atoms with Crippen LogP contribution in [0.2, 0.25) is 0 Å². The first-order chi connectivity index (χ1) is 8.56. The van der Waals surface area contributed by atoms with Crippen molar-refractivity contribution in [3.05, 3.63) is 24.3 Å². The first-order valence-electron chi connectivity index (χ1n) is 5.22. The van der Waals surface area contributed by atoms with Crippen LogP contribution in [0.4, 0.5) is 19.3 Å². The van der Waals surface area contributed by atoms with E-state index in [9.17, 15) is 18.4 Å². The average molecular weight is 256 g/mol. The second-order valence-electron chi connectivity index (χ2n) is 3.63. The summed E-state index contributed by atoms with van der Waals surface area (Å²) >= 11 is 0. The van der Waals surface area contributed by atoms with E-state index >= 15 is 0 Å². The normalized spacial score (nSPS) is 15.8. The third-order valence-electron chi connectivity index (χ3n) is 2.43. The Labute approximate surface area is 101 Å².